The second kappa shape index (κ2) is 15.9. The maximum Gasteiger partial charge on any atom is 0.257 e. The van der Waals surface area contributed by atoms with Crippen LogP contribution in [0.25, 0.3) is 16.7 Å². The number of ketones is 1. The number of carbonyl (C=O) groups excluding carboxylic acids is 2. The molecule has 0 aromatic heterocycles. The van der Waals surface area contributed by atoms with E-state index in [1.165, 1.54) is 14.0 Å². The number of halogens is 3. The van der Waals surface area contributed by atoms with Crippen LogP contribution in [0.2, 0.25) is 0 Å². The van der Waals surface area contributed by atoms with Gasteiger partial charge in [-0.1, -0.05) is 6.08 Å². The van der Waals surface area contributed by atoms with Crippen LogP contribution in [0.5, 0.6) is 11.5 Å². The molecular formula is C46H50F3N3O8S2. The van der Waals surface area contributed by atoms with Crippen LogP contribution < -0.4 is 24.8 Å². The number of benzene rings is 3. The first-order chi connectivity index (χ1) is 29.2. The van der Waals surface area contributed by atoms with Gasteiger partial charge >= 0.3 is 0 Å². The number of Topliss-reactive ketones (excluding diaryl/α,β-unsaturated/α-hetero) is 1. The SMILES string of the molecule is CC(=O)CCCN(C)C(=O)c1c(F)c(F)c(SCCS(=O)(=O)[O-])c(F)c1C1=c2cc3c4c(c2Oc2c1cc1c5c2CCCN5C(C)(C)C=C1CO)CCC[N+]=4C(C)(C)C=C3CO. The minimum atomic E-state index is -4.83. The molecule has 11 nitrogen and oxygen atoms in total. The Morgan fingerprint density at radius 1 is 0.952 bits per heavy atom. The standard InChI is InChI=1S/C46H50F3N3O8S2/c1-24(55)10-7-13-50(6)44(56)35-34(37(48)43(38(49)36(35)47)61-16-17-62(57,58)59)33-31-18-29-25(22-53)20-45(2,3)51-14-8-11-27(39(29)51)41(31)60-42-28-12-9-15-52-40(28)30(19-32(33)42)26(23-54)21-46(52,4)5/h18-21,53-54H,7-17,22-23H2,1-6H3. The molecule has 0 saturated carbocycles. The maximum atomic E-state index is 18.0. The Kier molecular flexibility index (Phi) is 11.4. The van der Waals surface area contributed by atoms with Gasteiger partial charge in [0.2, 0.25) is 5.36 Å². The molecule has 330 valence electrons. The highest BCUT2D eigenvalue weighted by Gasteiger charge is 2.44. The predicted octanol–water partition coefficient (Wildman–Crippen LogP) is 5.06. The van der Waals surface area contributed by atoms with Gasteiger partial charge in [-0.3, -0.25) is 4.79 Å². The molecule has 16 heteroatoms. The minimum Gasteiger partial charge on any atom is -0.748 e. The van der Waals surface area contributed by atoms with E-state index in [4.69, 9.17) is 4.74 Å². The zero-order valence-electron chi connectivity index (χ0n) is 35.6. The summed E-state index contributed by atoms with van der Waals surface area (Å²) in [6.45, 7) is 10.2. The second-order valence-electron chi connectivity index (χ2n) is 17.9. The first kappa shape index (κ1) is 44.1. The van der Waals surface area contributed by atoms with E-state index in [2.05, 4.69) is 9.48 Å². The number of hydrogen-bond acceptors (Lipinski definition) is 10. The number of carbonyl (C=O) groups is 2. The number of ether oxygens (including phenoxy) is 1. The number of anilines is 1. The highest BCUT2D eigenvalue weighted by atomic mass is 32.2. The molecule has 0 unspecified atom stereocenters. The summed E-state index contributed by atoms with van der Waals surface area (Å²) in [5.74, 6) is -6.86. The Morgan fingerprint density at radius 3 is 2.32 bits per heavy atom. The van der Waals surface area contributed by atoms with Crippen molar-refractivity contribution < 1.29 is 50.7 Å². The summed E-state index contributed by atoms with van der Waals surface area (Å²) in [5, 5.41) is 22.8. The summed E-state index contributed by atoms with van der Waals surface area (Å²) in [7, 11) is -3.48. The minimum absolute atomic E-state index is 0.00743. The molecule has 3 aromatic rings. The van der Waals surface area contributed by atoms with E-state index in [-0.39, 0.29) is 54.7 Å². The van der Waals surface area contributed by atoms with Crippen LogP contribution in [0.15, 0.2) is 29.2 Å². The lowest BCUT2D eigenvalue weighted by molar-refractivity contribution is -0.117. The van der Waals surface area contributed by atoms with Gasteiger partial charge < -0.3 is 34.1 Å². The highest BCUT2D eigenvalue weighted by molar-refractivity contribution is 8.00. The Labute approximate surface area is 363 Å². The third-order valence-electron chi connectivity index (χ3n) is 12.8. The van der Waals surface area contributed by atoms with Gasteiger partial charge in [0, 0.05) is 91.4 Å². The number of fused-ring (bicyclic) bond motifs is 4. The van der Waals surface area contributed by atoms with Crippen LogP contribution in [0, 0.1) is 17.5 Å². The molecule has 0 radical (unpaired) electrons. The summed E-state index contributed by atoms with van der Waals surface area (Å²) in [6.07, 6.45) is 6.69. The number of rotatable bonds is 12. The molecule has 5 heterocycles. The van der Waals surface area contributed by atoms with Crippen LogP contribution in [0.3, 0.4) is 0 Å². The summed E-state index contributed by atoms with van der Waals surface area (Å²) < 4.78 is 95.7. The van der Waals surface area contributed by atoms with Crippen LogP contribution >= 0.6 is 11.8 Å². The van der Waals surface area contributed by atoms with Crippen molar-refractivity contribution in [1.82, 2.24) is 9.48 Å². The fourth-order valence-corrected chi connectivity index (χ4v) is 11.8. The zero-order chi connectivity index (χ0) is 44.8. The molecule has 0 saturated heterocycles. The molecule has 0 atom stereocenters. The summed E-state index contributed by atoms with van der Waals surface area (Å²) in [6, 6.07) is 3.49. The van der Waals surface area contributed by atoms with Gasteiger partial charge in [0.15, 0.2) is 17.2 Å². The van der Waals surface area contributed by atoms with Crippen molar-refractivity contribution in [2.24, 2.45) is 0 Å². The van der Waals surface area contributed by atoms with E-state index in [9.17, 15) is 32.8 Å². The molecule has 5 aliphatic heterocycles. The molecule has 62 heavy (non-hydrogen) atoms. The van der Waals surface area contributed by atoms with Gasteiger partial charge in [-0.2, -0.15) is 0 Å². The summed E-state index contributed by atoms with van der Waals surface area (Å²) in [4.78, 5) is 28.9. The van der Waals surface area contributed by atoms with Crippen molar-refractivity contribution in [3.8, 4) is 11.5 Å². The predicted molar refractivity (Wildman–Crippen MR) is 231 cm³/mol. The maximum absolute atomic E-state index is 18.0. The smallest absolute Gasteiger partial charge is 0.257 e. The first-order valence-electron chi connectivity index (χ1n) is 20.9. The Bertz CT molecular complexity index is 2800. The number of hydrogen-bond donors (Lipinski definition) is 2. The van der Waals surface area contributed by atoms with Crippen LogP contribution in [0.4, 0.5) is 18.9 Å². The van der Waals surface area contributed by atoms with Gasteiger partial charge in [-0.25, -0.2) is 26.2 Å². The van der Waals surface area contributed by atoms with Gasteiger partial charge in [0.05, 0.1) is 56.1 Å². The number of thioether (sulfide) groups is 1. The van der Waals surface area contributed by atoms with E-state index in [1.54, 1.807) is 12.1 Å². The van der Waals surface area contributed by atoms with Gasteiger partial charge in [0.25, 0.3) is 5.91 Å². The van der Waals surface area contributed by atoms with E-state index in [0.29, 0.717) is 84.3 Å². The quantitative estimate of drug-likeness (QED) is 0.0856. The van der Waals surface area contributed by atoms with Crippen LogP contribution in [0.1, 0.15) is 104 Å². The van der Waals surface area contributed by atoms with E-state index in [0.717, 1.165) is 27.1 Å². The third kappa shape index (κ3) is 7.28. The summed E-state index contributed by atoms with van der Waals surface area (Å²) in [5.41, 5.74) is 2.51. The summed E-state index contributed by atoms with van der Waals surface area (Å²) >= 11 is 0.315. The Balaban J connectivity index is 1.55. The van der Waals surface area contributed by atoms with Crippen molar-refractivity contribution in [2.45, 2.75) is 89.1 Å². The molecule has 8 rings (SSSR count). The van der Waals surface area contributed by atoms with Crippen LogP contribution in [-0.4, -0.2) is 102 Å². The molecule has 0 spiro atoms. The molecule has 0 aliphatic carbocycles. The molecular weight excluding hydrogens is 844 g/mol. The van der Waals surface area contributed by atoms with Crippen molar-refractivity contribution >= 4 is 56.0 Å². The van der Waals surface area contributed by atoms with Gasteiger partial charge in [0.1, 0.15) is 29.6 Å². The van der Waals surface area contributed by atoms with Gasteiger partial charge in [-0.05, 0) is 75.8 Å². The lowest BCUT2D eigenvalue weighted by atomic mass is 9.78. The topological polar surface area (TPSA) is 151 Å². The lowest BCUT2D eigenvalue weighted by Crippen LogP contribution is -2.53. The number of aliphatic hydroxyl groups excluding tert-OH is 2. The molecule has 2 N–H and O–H groups in total. The van der Waals surface area contributed by atoms with Crippen molar-refractivity contribution in [3.05, 3.63) is 91.3 Å². The Hall–Kier alpha value is -4.48. The van der Waals surface area contributed by atoms with Crippen molar-refractivity contribution in [3.63, 3.8) is 0 Å². The lowest BCUT2D eigenvalue weighted by Gasteiger charge is -2.47. The number of nitrogens with zero attached hydrogens (tertiary/aromatic N) is 3. The molecule has 0 fully saturated rings. The van der Waals surface area contributed by atoms with E-state index in [1.807, 2.05) is 39.8 Å². The van der Waals surface area contributed by atoms with Crippen molar-refractivity contribution in [1.29, 1.82) is 0 Å². The largest absolute Gasteiger partial charge is 0.748 e. The number of amides is 1. The Morgan fingerprint density at radius 2 is 1.65 bits per heavy atom. The molecule has 3 aromatic carbocycles. The second-order valence-corrected chi connectivity index (χ2v) is 20.5. The number of aliphatic hydroxyl groups is 2. The molecule has 5 aliphatic rings. The highest BCUT2D eigenvalue weighted by Crippen LogP contribution is 2.53. The third-order valence-corrected chi connectivity index (χ3v) is 14.8. The average molecular weight is 894 g/mol. The normalized spacial score (nSPS) is 17.9. The van der Waals surface area contributed by atoms with Gasteiger partial charge in [-0.15, -0.1) is 11.8 Å². The fraction of sp³-hybridized carbons (Fsp3) is 0.457. The van der Waals surface area contributed by atoms with E-state index < -0.39 is 72.1 Å². The van der Waals surface area contributed by atoms with E-state index >= 15 is 13.2 Å². The molecule has 0 bridgehead atoms. The van der Waals surface area contributed by atoms with Crippen molar-refractivity contribution in [2.75, 3.05) is 56.3 Å². The average Bonchev–Trinajstić information content (AvgIpc) is 3.21. The zero-order valence-corrected chi connectivity index (χ0v) is 37.3. The monoisotopic (exact) mass is 893 g/mol. The van der Waals surface area contributed by atoms with Crippen LogP contribution in [-0.2, 0) is 27.8 Å². The first-order valence-corrected chi connectivity index (χ1v) is 23.5. The molecule has 1 amide bonds. The fourth-order valence-electron chi connectivity index (χ4n) is 10.0.